The predicted molar refractivity (Wildman–Crippen MR) is 101 cm³/mol. The largest absolute Gasteiger partial charge is 0.491 e. The maximum atomic E-state index is 5.68. The third kappa shape index (κ3) is 6.70. The van der Waals surface area contributed by atoms with E-state index in [-0.39, 0.29) is 6.10 Å². The zero-order valence-corrected chi connectivity index (χ0v) is 14.5. The van der Waals surface area contributed by atoms with Crippen molar-refractivity contribution in [1.29, 1.82) is 0 Å². The van der Waals surface area contributed by atoms with Gasteiger partial charge >= 0.3 is 0 Å². The molecule has 0 aromatic heterocycles. The number of benzene rings is 2. The Morgan fingerprint density at radius 2 is 1.87 bits per heavy atom. The average Bonchev–Trinajstić information content (AvgIpc) is 2.52. The van der Waals surface area contributed by atoms with E-state index >= 15 is 0 Å². The number of anilines is 1. The number of aryl methyl sites for hydroxylation is 1. The average molecular weight is 328 g/mol. The minimum absolute atomic E-state index is 0.160. The number of rotatable bonds is 7. The molecule has 122 valence electrons. The van der Waals surface area contributed by atoms with Gasteiger partial charge in [0.05, 0.1) is 6.10 Å². The first-order chi connectivity index (χ1) is 11.1. The fourth-order valence-corrected chi connectivity index (χ4v) is 2.45. The van der Waals surface area contributed by atoms with Crippen LogP contribution in [0.1, 0.15) is 25.8 Å². The molecule has 2 rings (SSSR count). The highest BCUT2D eigenvalue weighted by molar-refractivity contribution is 7.80. The van der Waals surface area contributed by atoms with Crippen LogP contribution in [-0.2, 0) is 6.42 Å². The van der Waals surface area contributed by atoms with Crippen molar-refractivity contribution in [2.45, 2.75) is 32.8 Å². The molecule has 4 heteroatoms. The van der Waals surface area contributed by atoms with E-state index < -0.39 is 0 Å². The zero-order valence-electron chi connectivity index (χ0n) is 13.7. The second kappa shape index (κ2) is 9.16. The molecule has 0 fully saturated rings. The van der Waals surface area contributed by atoms with E-state index in [1.807, 2.05) is 44.2 Å². The van der Waals surface area contributed by atoms with Gasteiger partial charge in [-0.25, -0.2) is 0 Å². The third-order valence-corrected chi connectivity index (χ3v) is 3.48. The molecular weight excluding hydrogens is 304 g/mol. The molecule has 23 heavy (non-hydrogen) atoms. The van der Waals surface area contributed by atoms with Gasteiger partial charge in [-0.1, -0.05) is 36.4 Å². The second-order valence-corrected chi connectivity index (χ2v) is 6.07. The molecule has 0 aliphatic carbocycles. The molecule has 2 aromatic rings. The van der Waals surface area contributed by atoms with E-state index in [0.29, 0.717) is 5.11 Å². The summed E-state index contributed by atoms with van der Waals surface area (Å²) >= 11 is 5.33. The Balaban J connectivity index is 1.72. The highest BCUT2D eigenvalue weighted by Gasteiger charge is 2.01. The van der Waals surface area contributed by atoms with Crippen LogP contribution in [0.15, 0.2) is 54.6 Å². The van der Waals surface area contributed by atoms with Gasteiger partial charge in [0, 0.05) is 18.3 Å². The van der Waals surface area contributed by atoms with Crippen molar-refractivity contribution in [2.24, 2.45) is 0 Å². The van der Waals surface area contributed by atoms with Crippen LogP contribution in [0.25, 0.3) is 0 Å². The van der Waals surface area contributed by atoms with Crippen LogP contribution in [0.5, 0.6) is 5.75 Å². The van der Waals surface area contributed by atoms with E-state index in [2.05, 4.69) is 34.9 Å². The van der Waals surface area contributed by atoms with Gasteiger partial charge in [-0.2, -0.15) is 0 Å². The summed E-state index contributed by atoms with van der Waals surface area (Å²) in [4.78, 5) is 0. The first-order valence-electron chi connectivity index (χ1n) is 7.99. The smallest absolute Gasteiger partial charge is 0.170 e. The van der Waals surface area contributed by atoms with E-state index in [4.69, 9.17) is 17.0 Å². The minimum atomic E-state index is 0.160. The van der Waals surface area contributed by atoms with E-state index in [1.54, 1.807) is 0 Å². The summed E-state index contributed by atoms with van der Waals surface area (Å²) in [7, 11) is 0. The Bertz CT molecular complexity index is 614. The Kier molecular flexibility index (Phi) is 6.88. The molecule has 0 aliphatic rings. The van der Waals surface area contributed by atoms with Crippen molar-refractivity contribution in [3.8, 4) is 5.75 Å². The van der Waals surface area contributed by atoms with Crippen LogP contribution in [0, 0.1) is 0 Å². The third-order valence-electron chi connectivity index (χ3n) is 3.23. The van der Waals surface area contributed by atoms with Gasteiger partial charge in [0.2, 0.25) is 0 Å². The van der Waals surface area contributed by atoms with E-state index in [9.17, 15) is 0 Å². The molecular formula is C19H24N2OS. The zero-order chi connectivity index (χ0) is 16.5. The van der Waals surface area contributed by atoms with Gasteiger partial charge in [-0.15, -0.1) is 0 Å². The lowest BCUT2D eigenvalue weighted by atomic mass is 10.1. The molecule has 0 spiro atoms. The van der Waals surface area contributed by atoms with Gasteiger partial charge < -0.3 is 15.4 Å². The van der Waals surface area contributed by atoms with Crippen molar-refractivity contribution in [3.63, 3.8) is 0 Å². The maximum absolute atomic E-state index is 5.68. The number of hydrogen-bond donors (Lipinski definition) is 2. The van der Waals surface area contributed by atoms with Crippen LogP contribution in [0.4, 0.5) is 5.69 Å². The van der Waals surface area contributed by atoms with Crippen LogP contribution < -0.4 is 15.4 Å². The van der Waals surface area contributed by atoms with Crippen molar-refractivity contribution in [3.05, 3.63) is 60.2 Å². The van der Waals surface area contributed by atoms with Crippen LogP contribution >= 0.6 is 12.2 Å². The van der Waals surface area contributed by atoms with Gasteiger partial charge in [-0.05, 0) is 56.6 Å². The number of thiocarbonyl (C=S) groups is 1. The molecule has 0 saturated heterocycles. The Morgan fingerprint density at radius 1 is 1.09 bits per heavy atom. The highest BCUT2D eigenvalue weighted by atomic mass is 32.1. The molecule has 3 nitrogen and oxygen atoms in total. The lowest BCUT2D eigenvalue weighted by Crippen LogP contribution is -2.29. The normalized spacial score (nSPS) is 10.4. The van der Waals surface area contributed by atoms with Gasteiger partial charge in [0.25, 0.3) is 0 Å². The van der Waals surface area contributed by atoms with E-state index in [0.717, 1.165) is 30.8 Å². The second-order valence-electron chi connectivity index (χ2n) is 5.66. The lowest BCUT2D eigenvalue weighted by Gasteiger charge is -2.13. The molecule has 0 bridgehead atoms. The number of nitrogens with one attached hydrogen (secondary N) is 2. The van der Waals surface area contributed by atoms with Crippen molar-refractivity contribution >= 4 is 23.0 Å². The fraction of sp³-hybridized carbons (Fsp3) is 0.316. The number of ether oxygens (including phenoxy) is 1. The SMILES string of the molecule is CC(C)Oc1cccc(NC(=S)NCCCc2ccccc2)c1. The van der Waals surface area contributed by atoms with Gasteiger partial charge in [0.15, 0.2) is 5.11 Å². The summed E-state index contributed by atoms with van der Waals surface area (Å²) in [6, 6.07) is 18.3. The molecule has 0 atom stereocenters. The summed E-state index contributed by atoms with van der Waals surface area (Å²) in [5.74, 6) is 0.844. The summed E-state index contributed by atoms with van der Waals surface area (Å²) < 4.78 is 5.68. The maximum Gasteiger partial charge on any atom is 0.170 e. The van der Waals surface area contributed by atoms with Crippen molar-refractivity contribution in [2.75, 3.05) is 11.9 Å². The molecule has 0 saturated carbocycles. The van der Waals surface area contributed by atoms with Crippen LogP contribution in [0.2, 0.25) is 0 Å². The van der Waals surface area contributed by atoms with Gasteiger partial charge in [-0.3, -0.25) is 0 Å². The molecule has 2 N–H and O–H groups in total. The van der Waals surface area contributed by atoms with Crippen molar-refractivity contribution < 1.29 is 4.74 Å². The molecule has 0 unspecified atom stereocenters. The Labute approximate surface area is 144 Å². The van der Waals surface area contributed by atoms with Crippen molar-refractivity contribution in [1.82, 2.24) is 5.32 Å². The quantitative estimate of drug-likeness (QED) is 0.583. The summed E-state index contributed by atoms with van der Waals surface area (Å²) in [5.41, 5.74) is 2.29. The Hall–Kier alpha value is -2.07. The monoisotopic (exact) mass is 328 g/mol. The fourth-order valence-electron chi connectivity index (χ4n) is 2.23. The Morgan fingerprint density at radius 3 is 2.61 bits per heavy atom. The minimum Gasteiger partial charge on any atom is -0.491 e. The summed E-state index contributed by atoms with van der Waals surface area (Å²) in [6.45, 7) is 4.88. The van der Waals surface area contributed by atoms with Crippen LogP contribution in [-0.4, -0.2) is 17.8 Å². The van der Waals surface area contributed by atoms with Gasteiger partial charge in [0.1, 0.15) is 5.75 Å². The lowest BCUT2D eigenvalue weighted by molar-refractivity contribution is 0.242. The highest BCUT2D eigenvalue weighted by Crippen LogP contribution is 2.18. The summed E-state index contributed by atoms with van der Waals surface area (Å²) in [5, 5.41) is 7.07. The molecule has 0 radical (unpaired) electrons. The van der Waals surface area contributed by atoms with E-state index in [1.165, 1.54) is 5.56 Å². The summed E-state index contributed by atoms with van der Waals surface area (Å²) in [6.07, 6.45) is 2.25. The molecule has 0 heterocycles. The molecule has 0 amide bonds. The van der Waals surface area contributed by atoms with Crippen LogP contribution in [0.3, 0.4) is 0 Å². The topological polar surface area (TPSA) is 33.3 Å². The number of hydrogen-bond acceptors (Lipinski definition) is 2. The standard InChI is InChI=1S/C19H24N2OS/c1-15(2)22-18-12-6-11-17(14-18)21-19(23)20-13-7-10-16-8-4-3-5-9-16/h3-6,8-9,11-12,14-15H,7,10,13H2,1-2H3,(H2,20,21,23). The molecule has 0 aliphatic heterocycles. The first-order valence-corrected chi connectivity index (χ1v) is 8.40. The first kappa shape index (κ1) is 17.3. The molecule has 2 aromatic carbocycles. The predicted octanol–water partition coefficient (Wildman–Crippen LogP) is 4.39.